The highest BCUT2D eigenvalue weighted by Gasteiger charge is 2.44. The fourth-order valence-corrected chi connectivity index (χ4v) is 7.89. The van der Waals surface area contributed by atoms with Crippen molar-refractivity contribution in [2.45, 2.75) is 94.8 Å². The number of amides is 6. The standard InChI is InChI=1S/C44H55BrN10O6/c1-2-3-15-38(57)55-44(19-18-28-22-31(45)17-16-29(28)24-44)42(61)54-35(21-27-10-5-4-6-11-27)41(60)52-34(14-9-20-49-43(47)48)40(59)53-36(39(58)51-26-37(46)56)23-30-25-50-33-13-8-7-12-32(30)33/h4-8,10-13,16-17,22,25,34-36,50H,2-3,9,14-15,18-21,23-24,26H2,1H3,(H2,46,56)(H,51,58)(H,52,60)(H,53,59)(H,54,61)(H,55,57)(H4,47,48,49)/t34-,35+,36-,44-/m0/s1. The van der Waals surface area contributed by atoms with Gasteiger partial charge in [0, 0.05) is 53.8 Å². The molecule has 0 unspecified atom stereocenters. The summed E-state index contributed by atoms with van der Waals surface area (Å²) in [6, 6.07) is 18.8. The molecule has 1 aromatic heterocycles. The van der Waals surface area contributed by atoms with Gasteiger partial charge in [0.15, 0.2) is 5.96 Å². The normalized spacial score (nSPS) is 15.9. The highest BCUT2D eigenvalue weighted by atomic mass is 79.9. The summed E-state index contributed by atoms with van der Waals surface area (Å²) in [5.74, 6) is -3.73. The first-order chi connectivity index (χ1) is 29.3. The molecule has 4 atom stereocenters. The molecule has 324 valence electrons. The van der Waals surface area contributed by atoms with E-state index in [0.29, 0.717) is 19.3 Å². The van der Waals surface area contributed by atoms with Crippen molar-refractivity contribution in [2.75, 3.05) is 13.1 Å². The number of halogens is 1. The molecule has 17 heteroatoms. The van der Waals surface area contributed by atoms with Crippen LogP contribution in [0.4, 0.5) is 0 Å². The van der Waals surface area contributed by atoms with Crippen LogP contribution in [-0.4, -0.2) is 83.1 Å². The number of nitrogens with one attached hydrogen (secondary N) is 6. The lowest BCUT2D eigenvalue weighted by Gasteiger charge is -2.39. The fourth-order valence-electron chi connectivity index (χ4n) is 7.48. The highest BCUT2D eigenvalue weighted by molar-refractivity contribution is 9.10. The number of primary amides is 1. The third kappa shape index (κ3) is 13.1. The van der Waals surface area contributed by atoms with Gasteiger partial charge in [0.1, 0.15) is 23.7 Å². The number of aromatic amines is 1. The number of guanidine groups is 1. The molecule has 16 nitrogen and oxygen atoms in total. The number of hydrogen-bond donors (Lipinski definition) is 9. The van der Waals surface area contributed by atoms with Crippen molar-refractivity contribution in [3.63, 3.8) is 0 Å². The summed E-state index contributed by atoms with van der Waals surface area (Å²) in [5, 5.41) is 14.9. The van der Waals surface area contributed by atoms with Gasteiger partial charge in [0.2, 0.25) is 35.4 Å². The van der Waals surface area contributed by atoms with Crippen molar-refractivity contribution in [3.8, 4) is 0 Å². The monoisotopic (exact) mass is 898 g/mol. The maximum absolute atomic E-state index is 14.7. The molecule has 0 fully saturated rings. The van der Waals surface area contributed by atoms with Gasteiger partial charge in [0.05, 0.1) is 6.54 Å². The molecule has 0 radical (unpaired) electrons. The molecule has 1 aliphatic carbocycles. The van der Waals surface area contributed by atoms with Crippen LogP contribution >= 0.6 is 15.9 Å². The first-order valence-corrected chi connectivity index (χ1v) is 21.3. The second-order valence-corrected chi connectivity index (χ2v) is 16.3. The SMILES string of the molecule is CCCCC(=O)N[C@@]1(C(=O)N[C@H](Cc2ccccc2)C(=O)N[C@@H](CCCN=C(N)N)C(=O)N[C@@H](Cc2c[nH]c3ccccc23)C(=O)NCC(N)=O)CCc2cc(Br)ccc2C1. The van der Waals surface area contributed by atoms with E-state index < -0.39 is 59.7 Å². The van der Waals surface area contributed by atoms with Crippen LogP contribution < -0.4 is 43.8 Å². The maximum Gasteiger partial charge on any atom is 0.246 e. The zero-order valence-electron chi connectivity index (χ0n) is 34.2. The van der Waals surface area contributed by atoms with Crippen molar-refractivity contribution in [2.24, 2.45) is 22.2 Å². The summed E-state index contributed by atoms with van der Waals surface area (Å²) >= 11 is 3.53. The number of hydrogen-bond acceptors (Lipinski definition) is 7. The third-order valence-corrected chi connectivity index (χ3v) is 11.2. The molecule has 0 saturated heterocycles. The van der Waals surface area contributed by atoms with Gasteiger partial charge in [-0.2, -0.15) is 0 Å². The Morgan fingerprint density at radius 1 is 0.820 bits per heavy atom. The van der Waals surface area contributed by atoms with Crippen molar-refractivity contribution in [1.29, 1.82) is 0 Å². The summed E-state index contributed by atoms with van der Waals surface area (Å²) in [4.78, 5) is 89.1. The molecule has 1 aliphatic rings. The number of nitrogens with two attached hydrogens (primary N) is 3. The van der Waals surface area contributed by atoms with Gasteiger partial charge >= 0.3 is 0 Å². The molecule has 0 bridgehead atoms. The molecular weight excluding hydrogens is 844 g/mol. The van der Waals surface area contributed by atoms with E-state index in [1.807, 2.05) is 79.7 Å². The van der Waals surface area contributed by atoms with E-state index in [-0.39, 0.29) is 56.9 Å². The predicted octanol–water partition coefficient (Wildman–Crippen LogP) is 2.06. The second kappa shape index (κ2) is 21.9. The molecule has 0 spiro atoms. The maximum atomic E-state index is 14.7. The van der Waals surface area contributed by atoms with Gasteiger partial charge in [-0.1, -0.05) is 83.9 Å². The zero-order chi connectivity index (χ0) is 43.9. The van der Waals surface area contributed by atoms with E-state index in [4.69, 9.17) is 17.2 Å². The molecule has 12 N–H and O–H groups in total. The first-order valence-electron chi connectivity index (χ1n) is 20.5. The predicted molar refractivity (Wildman–Crippen MR) is 237 cm³/mol. The minimum atomic E-state index is -1.36. The average molecular weight is 900 g/mol. The van der Waals surface area contributed by atoms with E-state index in [1.54, 1.807) is 6.20 Å². The number of nitrogens with zero attached hydrogens (tertiary/aromatic N) is 1. The van der Waals surface area contributed by atoms with E-state index in [9.17, 15) is 28.8 Å². The zero-order valence-corrected chi connectivity index (χ0v) is 35.8. The number of carbonyl (C=O) groups excluding carboxylic acids is 6. The van der Waals surface area contributed by atoms with Gasteiger partial charge in [0.25, 0.3) is 0 Å². The van der Waals surface area contributed by atoms with Crippen LogP contribution in [0.1, 0.15) is 67.7 Å². The number of benzene rings is 3. The Balaban J connectivity index is 1.43. The number of para-hydroxylation sites is 1. The van der Waals surface area contributed by atoms with Crippen molar-refractivity contribution in [3.05, 3.63) is 106 Å². The molecule has 6 amide bonds. The van der Waals surface area contributed by atoms with Gasteiger partial charge in [-0.05, 0) is 72.6 Å². The van der Waals surface area contributed by atoms with Crippen LogP contribution in [0.5, 0.6) is 0 Å². The van der Waals surface area contributed by atoms with Crippen LogP contribution in [0.15, 0.2) is 88.5 Å². The number of H-pyrrole nitrogens is 1. The molecule has 0 aliphatic heterocycles. The lowest BCUT2D eigenvalue weighted by Crippen LogP contribution is -2.65. The van der Waals surface area contributed by atoms with Gasteiger partial charge in [-0.15, -0.1) is 0 Å². The number of fused-ring (bicyclic) bond motifs is 2. The molecule has 3 aromatic carbocycles. The fraction of sp³-hybridized carbons (Fsp3) is 0.386. The highest BCUT2D eigenvalue weighted by Crippen LogP contribution is 2.32. The first kappa shape index (κ1) is 45.8. The van der Waals surface area contributed by atoms with E-state index in [0.717, 1.165) is 44.1 Å². The lowest BCUT2D eigenvalue weighted by molar-refractivity contribution is -0.137. The lowest BCUT2D eigenvalue weighted by atomic mass is 9.77. The van der Waals surface area contributed by atoms with Crippen LogP contribution in [-0.2, 0) is 54.5 Å². The van der Waals surface area contributed by atoms with Gasteiger partial charge < -0.3 is 48.8 Å². The van der Waals surface area contributed by atoms with Crippen LogP contribution in [0.2, 0.25) is 0 Å². The molecule has 0 saturated carbocycles. The summed E-state index contributed by atoms with van der Waals surface area (Å²) in [6.45, 7) is 1.67. The van der Waals surface area contributed by atoms with Crippen molar-refractivity contribution in [1.82, 2.24) is 31.6 Å². The summed E-state index contributed by atoms with van der Waals surface area (Å²) in [5.41, 5.74) is 19.3. The minimum absolute atomic E-state index is 0.0356. The van der Waals surface area contributed by atoms with E-state index in [1.165, 1.54) is 0 Å². The van der Waals surface area contributed by atoms with Crippen LogP contribution in [0.3, 0.4) is 0 Å². The Labute approximate surface area is 363 Å². The summed E-state index contributed by atoms with van der Waals surface area (Å²) < 4.78 is 0.905. The molecule has 1 heterocycles. The molecule has 5 rings (SSSR count). The number of rotatable bonds is 21. The Morgan fingerprint density at radius 3 is 2.26 bits per heavy atom. The Bertz CT molecular complexity index is 2230. The number of aromatic nitrogens is 1. The smallest absolute Gasteiger partial charge is 0.246 e. The topological polar surface area (TPSA) is 269 Å². The Kier molecular flexibility index (Phi) is 16.4. The Hall–Kier alpha value is -6.23. The van der Waals surface area contributed by atoms with Gasteiger partial charge in [-0.3, -0.25) is 33.8 Å². The molecule has 61 heavy (non-hydrogen) atoms. The number of carbonyl (C=O) groups is 6. The Morgan fingerprint density at radius 2 is 1.52 bits per heavy atom. The van der Waals surface area contributed by atoms with Crippen molar-refractivity contribution < 1.29 is 28.8 Å². The largest absolute Gasteiger partial charge is 0.370 e. The van der Waals surface area contributed by atoms with Crippen LogP contribution in [0.25, 0.3) is 10.9 Å². The molecular formula is C44H55BrN10O6. The summed E-state index contributed by atoms with van der Waals surface area (Å²) in [6.07, 6.45) is 4.84. The summed E-state index contributed by atoms with van der Waals surface area (Å²) in [7, 11) is 0. The van der Waals surface area contributed by atoms with E-state index >= 15 is 0 Å². The average Bonchev–Trinajstić information content (AvgIpc) is 3.65. The van der Waals surface area contributed by atoms with Crippen LogP contribution in [0, 0.1) is 0 Å². The van der Waals surface area contributed by atoms with E-state index in [2.05, 4.69) is 52.5 Å². The third-order valence-electron chi connectivity index (χ3n) is 10.7. The quantitative estimate of drug-likeness (QED) is 0.0339. The molecule has 4 aromatic rings. The number of unbranched alkanes of at least 4 members (excludes halogenated alkanes) is 1. The number of aryl methyl sites for hydroxylation is 1. The second-order valence-electron chi connectivity index (χ2n) is 15.4. The van der Waals surface area contributed by atoms with Gasteiger partial charge in [-0.25, -0.2) is 0 Å². The minimum Gasteiger partial charge on any atom is -0.370 e. The number of aliphatic imine (C=N–C) groups is 1. The van der Waals surface area contributed by atoms with Crippen molar-refractivity contribution >= 4 is 68.2 Å².